The van der Waals surface area contributed by atoms with Crippen molar-refractivity contribution in [3.8, 4) is 0 Å². The molecule has 1 aliphatic rings. The Morgan fingerprint density at radius 3 is 2.48 bits per heavy atom. The molecule has 144 valence electrons. The molecule has 1 aromatic rings. The van der Waals surface area contributed by atoms with Crippen LogP contribution in [0.15, 0.2) is 6.07 Å². The van der Waals surface area contributed by atoms with E-state index >= 15 is 0 Å². The topological polar surface area (TPSA) is 44.1 Å². The standard InChI is InChI=1S/C18H32N2O2SSi.CH4/c1-13-10-14(2)20(19-13)8-9-23-17-12-15(21)11-16(17)22-24(6,7)18(3,4)5;/h10,16-17H,8-9,11-12H2,1-7H3;1H4/t16-,17-;/m0./s1. The van der Waals surface area contributed by atoms with Crippen LogP contribution in [0.4, 0.5) is 0 Å². The second-order valence-corrected chi connectivity index (χ2v) is 14.5. The van der Waals surface area contributed by atoms with Crippen molar-refractivity contribution in [3.63, 3.8) is 0 Å². The maximum atomic E-state index is 12.0. The van der Waals surface area contributed by atoms with E-state index in [0.29, 0.717) is 23.9 Å². The number of thioether (sulfide) groups is 1. The minimum atomic E-state index is -1.83. The predicted molar refractivity (Wildman–Crippen MR) is 111 cm³/mol. The second kappa shape index (κ2) is 8.40. The normalized spacial score (nSPS) is 21.5. The summed E-state index contributed by atoms with van der Waals surface area (Å²) in [6.07, 6.45) is 1.33. The Labute approximate surface area is 159 Å². The van der Waals surface area contributed by atoms with Crippen molar-refractivity contribution in [2.75, 3.05) is 5.75 Å². The Kier molecular flexibility index (Phi) is 7.54. The molecule has 0 unspecified atom stereocenters. The highest BCUT2D eigenvalue weighted by Gasteiger charge is 2.43. The first-order valence-electron chi connectivity index (χ1n) is 8.82. The third kappa shape index (κ3) is 5.69. The van der Waals surface area contributed by atoms with Crippen LogP contribution in [0, 0.1) is 13.8 Å². The third-order valence-corrected chi connectivity index (χ3v) is 11.1. The van der Waals surface area contributed by atoms with E-state index in [1.165, 1.54) is 5.69 Å². The highest BCUT2D eigenvalue weighted by molar-refractivity contribution is 8.00. The van der Waals surface area contributed by atoms with Crippen molar-refractivity contribution in [3.05, 3.63) is 17.5 Å². The fourth-order valence-corrected chi connectivity index (χ4v) is 5.53. The number of aromatic nitrogens is 2. The van der Waals surface area contributed by atoms with Gasteiger partial charge in [-0.25, -0.2) is 0 Å². The zero-order valence-electron chi connectivity index (χ0n) is 16.2. The summed E-state index contributed by atoms with van der Waals surface area (Å²) in [5.74, 6) is 1.32. The van der Waals surface area contributed by atoms with Crippen LogP contribution < -0.4 is 0 Å². The first kappa shape index (κ1) is 22.4. The molecule has 1 saturated carbocycles. The number of nitrogens with zero attached hydrogens (tertiary/aromatic N) is 2. The summed E-state index contributed by atoms with van der Waals surface area (Å²) < 4.78 is 8.61. The number of aryl methyl sites for hydroxylation is 3. The van der Waals surface area contributed by atoms with E-state index in [2.05, 4.69) is 56.6 Å². The first-order valence-corrected chi connectivity index (χ1v) is 12.8. The van der Waals surface area contributed by atoms with Crippen molar-refractivity contribution in [1.82, 2.24) is 9.78 Å². The summed E-state index contributed by atoms with van der Waals surface area (Å²) in [4.78, 5) is 12.0. The highest BCUT2D eigenvalue weighted by Crippen LogP contribution is 2.41. The van der Waals surface area contributed by atoms with Gasteiger partial charge in [0.15, 0.2) is 8.32 Å². The summed E-state index contributed by atoms with van der Waals surface area (Å²) in [6, 6.07) is 2.10. The smallest absolute Gasteiger partial charge is 0.192 e. The van der Waals surface area contributed by atoms with Gasteiger partial charge in [0, 0.05) is 29.5 Å². The van der Waals surface area contributed by atoms with Gasteiger partial charge in [-0.15, -0.1) is 0 Å². The van der Waals surface area contributed by atoms with Crippen LogP contribution in [0.2, 0.25) is 18.1 Å². The van der Waals surface area contributed by atoms with Gasteiger partial charge in [0.05, 0.1) is 18.3 Å². The molecule has 0 aromatic carbocycles. The zero-order valence-corrected chi connectivity index (χ0v) is 18.0. The molecule has 4 nitrogen and oxygen atoms in total. The van der Waals surface area contributed by atoms with Crippen molar-refractivity contribution >= 4 is 25.9 Å². The molecule has 0 aliphatic heterocycles. The van der Waals surface area contributed by atoms with E-state index < -0.39 is 8.32 Å². The van der Waals surface area contributed by atoms with Crippen molar-refractivity contribution in [2.24, 2.45) is 0 Å². The van der Waals surface area contributed by atoms with Gasteiger partial charge in [-0.3, -0.25) is 9.48 Å². The van der Waals surface area contributed by atoms with E-state index in [-0.39, 0.29) is 18.6 Å². The molecule has 0 bridgehead atoms. The van der Waals surface area contributed by atoms with Gasteiger partial charge in [-0.2, -0.15) is 16.9 Å². The number of ketones is 1. The van der Waals surface area contributed by atoms with Gasteiger partial charge >= 0.3 is 0 Å². The van der Waals surface area contributed by atoms with Crippen LogP contribution in [0.5, 0.6) is 0 Å². The molecule has 1 heterocycles. The number of hydrogen-bond acceptors (Lipinski definition) is 4. The molecule has 1 fully saturated rings. The zero-order chi connectivity index (χ0) is 18.1. The molecule has 1 aliphatic carbocycles. The molecule has 2 rings (SSSR count). The van der Waals surface area contributed by atoms with E-state index in [9.17, 15) is 4.79 Å². The maximum absolute atomic E-state index is 12.0. The lowest BCUT2D eigenvalue weighted by Crippen LogP contribution is -2.45. The molecule has 0 saturated heterocycles. The van der Waals surface area contributed by atoms with Crippen LogP contribution in [0.3, 0.4) is 0 Å². The van der Waals surface area contributed by atoms with Crippen molar-refractivity contribution in [2.45, 2.75) is 90.9 Å². The largest absolute Gasteiger partial charge is 0.412 e. The molecule has 1 aromatic heterocycles. The highest BCUT2D eigenvalue weighted by atomic mass is 32.2. The van der Waals surface area contributed by atoms with Crippen LogP contribution >= 0.6 is 11.8 Å². The number of rotatable bonds is 6. The van der Waals surface area contributed by atoms with E-state index in [4.69, 9.17) is 4.43 Å². The summed E-state index contributed by atoms with van der Waals surface area (Å²) in [6.45, 7) is 16.3. The Balaban J connectivity index is 0.00000312. The number of Topliss-reactive ketones (excluding diaryl/α,β-unsaturated/α-hetero) is 1. The predicted octanol–water partition coefficient (Wildman–Crippen LogP) is 4.99. The lowest BCUT2D eigenvalue weighted by atomic mass is 10.2. The minimum absolute atomic E-state index is 0. The molecule has 2 atom stereocenters. The number of carbonyl (C=O) groups excluding carboxylic acids is 1. The van der Waals surface area contributed by atoms with Gasteiger partial charge in [0.25, 0.3) is 0 Å². The Hall–Kier alpha value is -0.593. The fraction of sp³-hybridized carbons (Fsp3) is 0.789. The van der Waals surface area contributed by atoms with Gasteiger partial charge < -0.3 is 4.43 Å². The van der Waals surface area contributed by atoms with E-state index in [1.54, 1.807) is 0 Å². The Morgan fingerprint density at radius 2 is 1.96 bits per heavy atom. The van der Waals surface area contributed by atoms with Gasteiger partial charge in [-0.05, 0) is 38.0 Å². The molecular formula is C19H36N2O2SSi. The van der Waals surface area contributed by atoms with Crippen LogP contribution in [-0.4, -0.2) is 41.0 Å². The Morgan fingerprint density at radius 1 is 1.32 bits per heavy atom. The quantitative estimate of drug-likeness (QED) is 0.648. The van der Waals surface area contributed by atoms with Gasteiger partial charge in [0.1, 0.15) is 5.78 Å². The third-order valence-electron chi connectivity index (χ3n) is 5.26. The number of carbonyl (C=O) groups is 1. The minimum Gasteiger partial charge on any atom is -0.412 e. The van der Waals surface area contributed by atoms with Gasteiger partial charge in [-0.1, -0.05) is 28.2 Å². The summed E-state index contributed by atoms with van der Waals surface area (Å²) >= 11 is 1.88. The Bertz CT molecular complexity index is 593. The van der Waals surface area contributed by atoms with Crippen molar-refractivity contribution in [1.29, 1.82) is 0 Å². The molecular weight excluding hydrogens is 348 g/mol. The summed E-state index contributed by atoms with van der Waals surface area (Å²) in [5.41, 5.74) is 2.26. The second-order valence-electron chi connectivity index (χ2n) is 8.42. The molecule has 0 N–H and O–H groups in total. The van der Waals surface area contributed by atoms with Crippen LogP contribution in [-0.2, 0) is 15.8 Å². The summed E-state index contributed by atoms with van der Waals surface area (Å²) in [7, 11) is -1.83. The van der Waals surface area contributed by atoms with Crippen molar-refractivity contribution < 1.29 is 9.22 Å². The average Bonchev–Trinajstić information content (AvgIpc) is 2.91. The maximum Gasteiger partial charge on any atom is 0.192 e. The molecule has 0 radical (unpaired) electrons. The molecule has 25 heavy (non-hydrogen) atoms. The SMILES string of the molecule is C.Cc1cc(C)n(CCS[C@H]2CC(=O)C[C@@H]2O[Si](C)(C)C(C)(C)C)n1. The summed E-state index contributed by atoms with van der Waals surface area (Å²) in [5, 5.41) is 4.99. The van der Waals surface area contributed by atoms with Crippen LogP contribution in [0.25, 0.3) is 0 Å². The molecule has 6 heteroatoms. The van der Waals surface area contributed by atoms with E-state index in [1.807, 2.05) is 18.7 Å². The molecule has 0 amide bonds. The lowest BCUT2D eigenvalue weighted by Gasteiger charge is -2.39. The van der Waals surface area contributed by atoms with Gasteiger partial charge in [0.2, 0.25) is 0 Å². The lowest BCUT2D eigenvalue weighted by molar-refractivity contribution is -0.117. The molecule has 0 spiro atoms. The van der Waals surface area contributed by atoms with Crippen LogP contribution in [0.1, 0.15) is 52.4 Å². The average molecular weight is 385 g/mol. The monoisotopic (exact) mass is 384 g/mol. The van der Waals surface area contributed by atoms with E-state index in [0.717, 1.165) is 18.0 Å². The number of hydrogen-bond donors (Lipinski definition) is 0. The first-order chi connectivity index (χ1) is 11.0. The fourth-order valence-electron chi connectivity index (χ4n) is 2.83.